The van der Waals surface area contributed by atoms with E-state index in [4.69, 9.17) is 5.73 Å². The first-order chi connectivity index (χ1) is 8.29. The van der Waals surface area contributed by atoms with Gasteiger partial charge in [-0.05, 0) is 19.3 Å². The molecule has 0 spiro atoms. The van der Waals surface area contributed by atoms with E-state index in [0.29, 0.717) is 12.0 Å². The SMILES string of the molecule is CCC(NC(N)=NC1CCCC1)c1nccs1. The highest BCUT2D eigenvalue weighted by Crippen LogP contribution is 2.21. The maximum absolute atomic E-state index is 5.95. The van der Waals surface area contributed by atoms with E-state index in [1.165, 1.54) is 25.7 Å². The predicted molar refractivity (Wildman–Crippen MR) is 72.2 cm³/mol. The molecule has 5 heteroatoms. The van der Waals surface area contributed by atoms with E-state index in [1.807, 2.05) is 11.6 Å². The van der Waals surface area contributed by atoms with Crippen LogP contribution in [0.15, 0.2) is 16.6 Å². The number of nitrogens with zero attached hydrogens (tertiary/aromatic N) is 2. The Labute approximate surface area is 106 Å². The van der Waals surface area contributed by atoms with Gasteiger partial charge in [0.2, 0.25) is 0 Å². The standard InChI is InChI=1S/C12H20N4S/c1-2-10(11-14-7-8-17-11)16-12(13)15-9-5-3-4-6-9/h7-10H,2-6H2,1H3,(H3,13,15,16). The van der Waals surface area contributed by atoms with Gasteiger partial charge >= 0.3 is 0 Å². The van der Waals surface area contributed by atoms with Crippen molar-refractivity contribution in [1.82, 2.24) is 10.3 Å². The lowest BCUT2D eigenvalue weighted by atomic mass is 10.2. The van der Waals surface area contributed by atoms with Crippen molar-refractivity contribution in [3.05, 3.63) is 16.6 Å². The van der Waals surface area contributed by atoms with Gasteiger partial charge in [0.25, 0.3) is 0 Å². The summed E-state index contributed by atoms with van der Waals surface area (Å²) in [5, 5.41) is 6.34. The zero-order valence-corrected chi connectivity index (χ0v) is 11.0. The monoisotopic (exact) mass is 252 g/mol. The molecular formula is C12H20N4S. The summed E-state index contributed by atoms with van der Waals surface area (Å²) in [6, 6.07) is 0.622. The minimum absolute atomic E-state index is 0.195. The molecule has 1 aliphatic rings. The molecule has 0 saturated heterocycles. The fourth-order valence-electron chi connectivity index (χ4n) is 2.19. The van der Waals surface area contributed by atoms with Crippen LogP contribution >= 0.6 is 11.3 Å². The average molecular weight is 252 g/mol. The smallest absolute Gasteiger partial charge is 0.189 e. The minimum atomic E-state index is 0.195. The molecule has 1 aliphatic carbocycles. The van der Waals surface area contributed by atoms with Crippen LogP contribution in [-0.4, -0.2) is 17.0 Å². The van der Waals surface area contributed by atoms with Crippen molar-refractivity contribution in [2.24, 2.45) is 10.7 Å². The lowest BCUT2D eigenvalue weighted by Gasteiger charge is -2.16. The predicted octanol–water partition coefficient (Wildman–Crippen LogP) is 2.44. The third-order valence-electron chi connectivity index (χ3n) is 3.13. The van der Waals surface area contributed by atoms with E-state index in [2.05, 4.69) is 22.2 Å². The van der Waals surface area contributed by atoms with E-state index < -0.39 is 0 Å². The molecule has 0 aromatic carbocycles. The van der Waals surface area contributed by atoms with Crippen molar-refractivity contribution in [2.75, 3.05) is 0 Å². The summed E-state index contributed by atoms with van der Waals surface area (Å²) < 4.78 is 0. The lowest BCUT2D eigenvalue weighted by molar-refractivity contribution is 0.607. The first-order valence-electron chi connectivity index (χ1n) is 6.28. The van der Waals surface area contributed by atoms with Gasteiger partial charge < -0.3 is 11.1 Å². The summed E-state index contributed by atoms with van der Waals surface area (Å²) in [6.45, 7) is 2.13. The first-order valence-corrected chi connectivity index (χ1v) is 7.16. The van der Waals surface area contributed by atoms with Gasteiger partial charge in [-0.15, -0.1) is 11.3 Å². The number of rotatable bonds is 4. The Kier molecular flexibility index (Phi) is 4.36. The van der Waals surface area contributed by atoms with E-state index in [0.717, 1.165) is 11.4 Å². The third kappa shape index (κ3) is 3.43. The molecule has 1 unspecified atom stereocenters. The summed E-state index contributed by atoms with van der Waals surface area (Å²) in [7, 11) is 0. The molecule has 1 saturated carbocycles. The molecule has 1 aromatic heterocycles. The van der Waals surface area contributed by atoms with Crippen molar-refractivity contribution < 1.29 is 0 Å². The highest BCUT2D eigenvalue weighted by Gasteiger charge is 2.16. The van der Waals surface area contributed by atoms with Crippen molar-refractivity contribution in [1.29, 1.82) is 0 Å². The molecule has 1 heterocycles. The fourth-order valence-corrected chi connectivity index (χ4v) is 2.96. The number of nitrogens with one attached hydrogen (secondary N) is 1. The van der Waals surface area contributed by atoms with Gasteiger partial charge in [0.15, 0.2) is 5.96 Å². The Morgan fingerprint density at radius 2 is 2.41 bits per heavy atom. The Bertz CT molecular complexity index is 355. The largest absolute Gasteiger partial charge is 0.370 e. The van der Waals surface area contributed by atoms with E-state index in [1.54, 1.807) is 11.3 Å². The first kappa shape index (κ1) is 12.4. The number of aromatic nitrogens is 1. The molecule has 1 aromatic rings. The third-order valence-corrected chi connectivity index (χ3v) is 4.02. The summed E-state index contributed by atoms with van der Waals surface area (Å²) in [4.78, 5) is 8.85. The molecule has 1 atom stereocenters. The topological polar surface area (TPSA) is 63.3 Å². The molecular weight excluding hydrogens is 232 g/mol. The van der Waals surface area contributed by atoms with Gasteiger partial charge in [-0.25, -0.2) is 4.98 Å². The van der Waals surface area contributed by atoms with Crippen LogP contribution in [0.3, 0.4) is 0 Å². The van der Waals surface area contributed by atoms with Crippen LogP contribution in [-0.2, 0) is 0 Å². The van der Waals surface area contributed by atoms with Crippen LogP contribution in [0.4, 0.5) is 0 Å². The quantitative estimate of drug-likeness (QED) is 0.639. The minimum Gasteiger partial charge on any atom is -0.370 e. The summed E-state index contributed by atoms with van der Waals surface area (Å²) in [6.07, 6.45) is 7.71. The molecule has 1 fully saturated rings. The number of nitrogens with two attached hydrogens (primary N) is 1. The second-order valence-electron chi connectivity index (χ2n) is 4.43. The molecule has 0 bridgehead atoms. The molecule has 0 amide bonds. The van der Waals surface area contributed by atoms with E-state index in [-0.39, 0.29) is 6.04 Å². The zero-order chi connectivity index (χ0) is 12.1. The number of thiazole rings is 1. The molecule has 0 aliphatic heterocycles. The van der Waals surface area contributed by atoms with Crippen LogP contribution in [0.1, 0.15) is 50.1 Å². The molecule has 0 radical (unpaired) electrons. The van der Waals surface area contributed by atoms with Gasteiger partial charge in [-0.2, -0.15) is 0 Å². The Hall–Kier alpha value is -1.10. The van der Waals surface area contributed by atoms with Crippen LogP contribution in [0.25, 0.3) is 0 Å². The van der Waals surface area contributed by atoms with Gasteiger partial charge in [-0.1, -0.05) is 19.8 Å². The maximum Gasteiger partial charge on any atom is 0.189 e. The fraction of sp³-hybridized carbons (Fsp3) is 0.667. The number of aliphatic imine (C=N–C) groups is 1. The second-order valence-corrected chi connectivity index (χ2v) is 5.35. The Balaban J connectivity index is 1.93. The highest BCUT2D eigenvalue weighted by molar-refractivity contribution is 7.09. The van der Waals surface area contributed by atoms with Crippen molar-refractivity contribution in [3.8, 4) is 0 Å². The molecule has 94 valence electrons. The summed E-state index contributed by atoms with van der Waals surface area (Å²) in [5.41, 5.74) is 5.95. The second kappa shape index (κ2) is 6.00. The van der Waals surface area contributed by atoms with E-state index in [9.17, 15) is 0 Å². The van der Waals surface area contributed by atoms with Crippen molar-refractivity contribution in [3.63, 3.8) is 0 Å². The molecule has 17 heavy (non-hydrogen) atoms. The molecule has 3 N–H and O–H groups in total. The van der Waals surface area contributed by atoms with Gasteiger partial charge in [0, 0.05) is 11.6 Å². The van der Waals surface area contributed by atoms with Gasteiger partial charge in [0.05, 0.1) is 12.1 Å². The number of hydrogen-bond acceptors (Lipinski definition) is 3. The van der Waals surface area contributed by atoms with E-state index >= 15 is 0 Å². The molecule has 4 nitrogen and oxygen atoms in total. The molecule has 2 rings (SSSR count). The number of hydrogen-bond donors (Lipinski definition) is 2. The van der Waals surface area contributed by atoms with Crippen molar-refractivity contribution in [2.45, 2.75) is 51.1 Å². The maximum atomic E-state index is 5.95. The van der Waals surface area contributed by atoms with Crippen molar-refractivity contribution >= 4 is 17.3 Å². The van der Waals surface area contributed by atoms with Crippen LogP contribution in [0.5, 0.6) is 0 Å². The van der Waals surface area contributed by atoms with Crippen LogP contribution in [0.2, 0.25) is 0 Å². The number of guanidine groups is 1. The van der Waals surface area contributed by atoms with Crippen LogP contribution < -0.4 is 11.1 Å². The van der Waals surface area contributed by atoms with Crippen LogP contribution in [0, 0.1) is 0 Å². The Morgan fingerprint density at radius 1 is 1.65 bits per heavy atom. The lowest BCUT2D eigenvalue weighted by Crippen LogP contribution is -2.35. The van der Waals surface area contributed by atoms with Gasteiger partial charge in [-0.3, -0.25) is 4.99 Å². The normalized spacial score (nSPS) is 19.5. The zero-order valence-electron chi connectivity index (χ0n) is 10.2. The summed E-state index contributed by atoms with van der Waals surface area (Å²) in [5.74, 6) is 0.568. The average Bonchev–Trinajstić information content (AvgIpc) is 2.97. The van der Waals surface area contributed by atoms with Gasteiger partial charge in [0.1, 0.15) is 5.01 Å². The highest BCUT2D eigenvalue weighted by atomic mass is 32.1. The summed E-state index contributed by atoms with van der Waals surface area (Å²) >= 11 is 1.66. The Morgan fingerprint density at radius 3 is 3.00 bits per heavy atom.